The Kier molecular flexibility index (Phi) is 6.06. The van der Waals surface area contributed by atoms with E-state index >= 15 is 0 Å². The summed E-state index contributed by atoms with van der Waals surface area (Å²) in [5.41, 5.74) is 0. The summed E-state index contributed by atoms with van der Waals surface area (Å²) in [6, 6.07) is -0.992. The standard InChI is InChI=1S/C15H22F3N3O3/c16-15(17,18)10-3-1-4-11(9-10)20-14(24)19-7-2-8-21-12(22)5-6-13(21)23/h10-11H,1-9H2,(H2,19,20,24)/t10-,11-/m1/s1. The second kappa shape index (κ2) is 7.85. The number of hydrogen-bond donors (Lipinski definition) is 2. The number of nitrogens with one attached hydrogen (secondary N) is 2. The van der Waals surface area contributed by atoms with Crippen molar-refractivity contribution >= 4 is 17.8 Å². The Labute approximate surface area is 138 Å². The number of alkyl halides is 3. The molecule has 0 aromatic heterocycles. The predicted molar refractivity (Wildman–Crippen MR) is 78.9 cm³/mol. The normalized spacial score (nSPS) is 25.0. The minimum atomic E-state index is -4.22. The molecule has 0 aromatic carbocycles. The SMILES string of the molecule is O=C(NCCCN1C(=O)CCC1=O)N[C@@H]1CCC[C@@H](C(F)(F)F)C1. The van der Waals surface area contributed by atoms with Crippen molar-refractivity contribution in [3.8, 4) is 0 Å². The van der Waals surface area contributed by atoms with Crippen molar-refractivity contribution in [1.82, 2.24) is 15.5 Å². The second-order valence-corrected chi connectivity index (χ2v) is 6.29. The van der Waals surface area contributed by atoms with Gasteiger partial charge >= 0.3 is 12.2 Å². The van der Waals surface area contributed by atoms with Gasteiger partial charge in [-0.25, -0.2) is 4.79 Å². The van der Waals surface area contributed by atoms with E-state index in [0.29, 0.717) is 19.3 Å². The Bertz CT molecular complexity index is 480. The van der Waals surface area contributed by atoms with Gasteiger partial charge in [-0.1, -0.05) is 6.42 Å². The van der Waals surface area contributed by atoms with E-state index in [-0.39, 0.29) is 50.6 Å². The third kappa shape index (κ3) is 5.10. The molecule has 1 aliphatic carbocycles. The van der Waals surface area contributed by atoms with E-state index in [4.69, 9.17) is 0 Å². The molecule has 0 aromatic rings. The van der Waals surface area contributed by atoms with Crippen LogP contribution in [0.2, 0.25) is 0 Å². The highest BCUT2D eigenvalue weighted by Crippen LogP contribution is 2.37. The number of carbonyl (C=O) groups is 3. The average molecular weight is 349 g/mol. The summed E-state index contributed by atoms with van der Waals surface area (Å²) in [4.78, 5) is 35.7. The van der Waals surface area contributed by atoms with E-state index in [1.165, 1.54) is 4.90 Å². The number of urea groups is 1. The van der Waals surface area contributed by atoms with Gasteiger partial charge < -0.3 is 10.6 Å². The van der Waals surface area contributed by atoms with Crippen LogP contribution < -0.4 is 10.6 Å². The molecule has 2 atom stereocenters. The fourth-order valence-corrected chi connectivity index (χ4v) is 3.17. The molecule has 1 heterocycles. The van der Waals surface area contributed by atoms with Gasteiger partial charge in [0.25, 0.3) is 0 Å². The van der Waals surface area contributed by atoms with Crippen LogP contribution in [0.25, 0.3) is 0 Å². The first-order valence-corrected chi connectivity index (χ1v) is 8.21. The first-order chi connectivity index (χ1) is 11.3. The monoisotopic (exact) mass is 349 g/mol. The molecular formula is C15H22F3N3O3. The molecule has 1 saturated heterocycles. The summed E-state index contributed by atoms with van der Waals surface area (Å²) >= 11 is 0. The fourth-order valence-electron chi connectivity index (χ4n) is 3.17. The van der Waals surface area contributed by atoms with Crippen LogP contribution in [0.3, 0.4) is 0 Å². The number of hydrogen-bond acceptors (Lipinski definition) is 3. The zero-order chi connectivity index (χ0) is 17.7. The first kappa shape index (κ1) is 18.5. The summed E-state index contributed by atoms with van der Waals surface area (Å²) < 4.78 is 38.2. The molecule has 0 spiro atoms. The fraction of sp³-hybridized carbons (Fsp3) is 0.800. The molecular weight excluding hydrogens is 327 g/mol. The number of amides is 4. The molecule has 6 nitrogen and oxygen atoms in total. The largest absolute Gasteiger partial charge is 0.391 e. The number of rotatable bonds is 5. The number of carbonyl (C=O) groups excluding carboxylic acids is 3. The zero-order valence-corrected chi connectivity index (χ0v) is 13.3. The van der Waals surface area contributed by atoms with Crippen molar-refractivity contribution in [1.29, 1.82) is 0 Å². The quantitative estimate of drug-likeness (QED) is 0.588. The van der Waals surface area contributed by atoms with Crippen LogP contribution in [-0.4, -0.2) is 48.1 Å². The Morgan fingerprint density at radius 1 is 1.17 bits per heavy atom. The van der Waals surface area contributed by atoms with Crippen LogP contribution in [0.4, 0.5) is 18.0 Å². The molecule has 9 heteroatoms. The first-order valence-electron chi connectivity index (χ1n) is 8.21. The lowest BCUT2D eigenvalue weighted by Crippen LogP contribution is -2.46. The molecule has 24 heavy (non-hydrogen) atoms. The number of halogens is 3. The van der Waals surface area contributed by atoms with E-state index in [2.05, 4.69) is 10.6 Å². The molecule has 4 amide bonds. The molecule has 0 unspecified atom stereocenters. The van der Waals surface area contributed by atoms with Gasteiger partial charge in [-0.2, -0.15) is 13.2 Å². The van der Waals surface area contributed by atoms with E-state index < -0.39 is 24.2 Å². The van der Waals surface area contributed by atoms with Crippen LogP contribution in [0, 0.1) is 5.92 Å². The van der Waals surface area contributed by atoms with Crippen molar-refractivity contribution in [2.75, 3.05) is 13.1 Å². The van der Waals surface area contributed by atoms with E-state index in [0.717, 1.165) is 0 Å². The highest BCUT2D eigenvalue weighted by Gasteiger charge is 2.42. The minimum absolute atomic E-state index is 0.0896. The van der Waals surface area contributed by atoms with E-state index in [9.17, 15) is 27.6 Å². The highest BCUT2D eigenvalue weighted by atomic mass is 19.4. The molecule has 136 valence electrons. The van der Waals surface area contributed by atoms with Crippen LogP contribution in [0.1, 0.15) is 44.9 Å². The second-order valence-electron chi connectivity index (χ2n) is 6.29. The van der Waals surface area contributed by atoms with Gasteiger partial charge in [0, 0.05) is 32.0 Å². The molecule has 2 aliphatic rings. The maximum atomic E-state index is 12.7. The van der Waals surface area contributed by atoms with Gasteiger partial charge in [0.15, 0.2) is 0 Å². The van der Waals surface area contributed by atoms with Gasteiger partial charge in [-0.3, -0.25) is 14.5 Å². The molecule has 0 bridgehead atoms. The van der Waals surface area contributed by atoms with Crippen LogP contribution in [-0.2, 0) is 9.59 Å². The maximum Gasteiger partial charge on any atom is 0.391 e. The van der Waals surface area contributed by atoms with Crippen molar-refractivity contribution in [3.63, 3.8) is 0 Å². The molecule has 2 fully saturated rings. The summed E-state index contributed by atoms with van der Waals surface area (Å²) in [6.07, 6.45) is -2.34. The molecule has 2 N–H and O–H groups in total. The molecule has 1 aliphatic heterocycles. The molecule has 2 rings (SSSR count). The Morgan fingerprint density at radius 2 is 1.83 bits per heavy atom. The van der Waals surface area contributed by atoms with E-state index in [1.54, 1.807) is 0 Å². The predicted octanol–water partition coefficient (Wildman–Crippen LogP) is 1.95. The van der Waals surface area contributed by atoms with Gasteiger partial charge in [-0.05, 0) is 25.7 Å². The lowest BCUT2D eigenvalue weighted by atomic mass is 9.85. The Morgan fingerprint density at radius 3 is 2.46 bits per heavy atom. The lowest BCUT2D eigenvalue weighted by molar-refractivity contribution is -0.183. The van der Waals surface area contributed by atoms with Crippen LogP contribution in [0.15, 0.2) is 0 Å². The Hall–Kier alpha value is -1.80. The number of nitrogens with zero attached hydrogens (tertiary/aromatic N) is 1. The third-order valence-electron chi connectivity index (χ3n) is 4.47. The molecule has 0 radical (unpaired) electrons. The summed E-state index contributed by atoms with van der Waals surface area (Å²) in [5.74, 6) is -1.77. The van der Waals surface area contributed by atoms with Gasteiger partial charge in [0.1, 0.15) is 0 Å². The third-order valence-corrected chi connectivity index (χ3v) is 4.47. The van der Waals surface area contributed by atoms with Crippen LogP contribution in [0.5, 0.6) is 0 Å². The lowest BCUT2D eigenvalue weighted by Gasteiger charge is -2.31. The zero-order valence-electron chi connectivity index (χ0n) is 13.3. The number of likely N-dealkylation sites (tertiary alicyclic amines) is 1. The smallest absolute Gasteiger partial charge is 0.338 e. The van der Waals surface area contributed by atoms with Crippen LogP contribution >= 0.6 is 0 Å². The Balaban J connectivity index is 1.64. The number of imide groups is 1. The van der Waals surface area contributed by atoms with Gasteiger partial charge in [0.2, 0.25) is 11.8 Å². The van der Waals surface area contributed by atoms with Gasteiger partial charge in [-0.15, -0.1) is 0 Å². The van der Waals surface area contributed by atoms with Crippen molar-refractivity contribution < 1.29 is 27.6 Å². The summed E-state index contributed by atoms with van der Waals surface area (Å²) in [7, 11) is 0. The van der Waals surface area contributed by atoms with Crippen molar-refractivity contribution in [2.45, 2.75) is 57.2 Å². The van der Waals surface area contributed by atoms with Crippen molar-refractivity contribution in [3.05, 3.63) is 0 Å². The van der Waals surface area contributed by atoms with Gasteiger partial charge in [0.05, 0.1) is 5.92 Å². The topological polar surface area (TPSA) is 78.5 Å². The average Bonchev–Trinajstić information content (AvgIpc) is 2.82. The summed E-state index contributed by atoms with van der Waals surface area (Å²) in [5, 5.41) is 5.13. The van der Waals surface area contributed by atoms with Crippen molar-refractivity contribution in [2.24, 2.45) is 5.92 Å². The molecule has 1 saturated carbocycles. The summed E-state index contributed by atoms with van der Waals surface area (Å²) in [6.45, 7) is 0.496. The highest BCUT2D eigenvalue weighted by molar-refractivity contribution is 6.01. The van der Waals surface area contributed by atoms with E-state index in [1.807, 2.05) is 0 Å². The minimum Gasteiger partial charge on any atom is -0.338 e. The maximum absolute atomic E-state index is 12.7.